The van der Waals surface area contributed by atoms with Gasteiger partial charge in [-0.05, 0) is 103 Å². The van der Waals surface area contributed by atoms with Crippen molar-refractivity contribution in [1.29, 1.82) is 0 Å². The third kappa shape index (κ3) is 41.0. The number of nitrogens with two attached hydrogens (primary N) is 1. The molecule has 0 bridgehead atoms. The van der Waals surface area contributed by atoms with Gasteiger partial charge in [-0.3, -0.25) is 9.59 Å². The molecule has 0 rings (SSSR count). The summed E-state index contributed by atoms with van der Waals surface area (Å²) in [5.41, 5.74) is 5.48. The molecule has 1 amide bonds. The summed E-state index contributed by atoms with van der Waals surface area (Å²) in [6.07, 6.45) is 55.8. The monoisotopic (exact) mass is 797 g/mol. The maximum Gasteiger partial charge on any atom is 0.326 e. The molecule has 4 N–H and O–H groups in total. The molecule has 2 atom stereocenters. The lowest BCUT2D eigenvalue weighted by Gasteiger charge is -2.15. The van der Waals surface area contributed by atoms with Crippen molar-refractivity contribution in [1.82, 2.24) is 5.32 Å². The highest BCUT2D eigenvalue weighted by Gasteiger charge is 2.18. The molecule has 0 saturated carbocycles. The van der Waals surface area contributed by atoms with E-state index in [1.54, 1.807) is 0 Å². The van der Waals surface area contributed by atoms with Gasteiger partial charge in [0.15, 0.2) is 0 Å². The average molecular weight is 797 g/mol. The van der Waals surface area contributed by atoms with Crippen molar-refractivity contribution >= 4 is 17.8 Å². The molecule has 7 nitrogen and oxygen atoms in total. The topological polar surface area (TPSA) is 119 Å². The van der Waals surface area contributed by atoms with Crippen LogP contribution in [0.1, 0.15) is 219 Å². The summed E-state index contributed by atoms with van der Waals surface area (Å²) in [6.45, 7) is 4.83. The van der Waals surface area contributed by atoms with Crippen LogP contribution < -0.4 is 11.1 Å². The van der Waals surface area contributed by atoms with E-state index in [1.165, 1.54) is 89.9 Å². The van der Waals surface area contributed by atoms with Gasteiger partial charge in [0.2, 0.25) is 5.91 Å². The summed E-state index contributed by atoms with van der Waals surface area (Å²) in [6, 6.07) is -0.856. The van der Waals surface area contributed by atoms with Gasteiger partial charge in [0.05, 0.1) is 0 Å². The Bertz CT molecular complexity index is 1080. The van der Waals surface area contributed by atoms with E-state index in [4.69, 9.17) is 10.5 Å². The molecule has 0 aromatic heterocycles. The minimum atomic E-state index is -1.00. The lowest BCUT2D eigenvalue weighted by molar-refractivity contribution is -0.147. The number of carboxylic acids is 1. The molecule has 2 unspecified atom stereocenters. The molecule has 0 spiro atoms. The van der Waals surface area contributed by atoms with Crippen LogP contribution in [0.5, 0.6) is 0 Å². The van der Waals surface area contributed by atoms with Gasteiger partial charge < -0.3 is 20.9 Å². The summed E-state index contributed by atoms with van der Waals surface area (Å²) < 4.78 is 5.98. The number of hydrogen-bond acceptors (Lipinski definition) is 5. The van der Waals surface area contributed by atoms with Crippen LogP contribution in [0.4, 0.5) is 0 Å². The zero-order valence-corrected chi connectivity index (χ0v) is 36.9. The van der Waals surface area contributed by atoms with Gasteiger partial charge in [0, 0.05) is 12.8 Å². The van der Waals surface area contributed by atoms with E-state index in [2.05, 4.69) is 79.9 Å². The highest BCUT2D eigenvalue weighted by molar-refractivity contribution is 5.83. The highest BCUT2D eigenvalue weighted by atomic mass is 16.5. The first kappa shape index (κ1) is 54.1. The van der Waals surface area contributed by atoms with Gasteiger partial charge in [-0.1, -0.05) is 171 Å². The second kappa shape index (κ2) is 44.2. The lowest BCUT2D eigenvalue weighted by Crippen LogP contribution is -2.40. The number of carboxylic acid groups (broad SMARTS) is 1. The number of carbonyl (C=O) groups is 3. The van der Waals surface area contributed by atoms with Crippen molar-refractivity contribution in [2.75, 3.05) is 6.54 Å². The minimum absolute atomic E-state index is 0.0668. The molecule has 7 heteroatoms. The van der Waals surface area contributed by atoms with Crippen LogP contribution in [0.2, 0.25) is 0 Å². The van der Waals surface area contributed by atoms with Crippen LogP contribution in [-0.4, -0.2) is 41.6 Å². The zero-order valence-electron chi connectivity index (χ0n) is 36.9. The number of ether oxygens (including phenoxy) is 1. The van der Waals surface area contributed by atoms with Crippen molar-refractivity contribution in [3.05, 3.63) is 60.8 Å². The van der Waals surface area contributed by atoms with Crippen molar-refractivity contribution < 1.29 is 24.2 Å². The van der Waals surface area contributed by atoms with Gasteiger partial charge in [-0.2, -0.15) is 0 Å². The maximum absolute atomic E-state index is 12.8. The first-order valence-corrected chi connectivity index (χ1v) is 23.6. The van der Waals surface area contributed by atoms with Crippen molar-refractivity contribution in [3.8, 4) is 0 Å². The summed E-state index contributed by atoms with van der Waals surface area (Å²) in [5.74, 6) is -1.27. The number of unbranched alkanes of at least 4 members (excludes halogenated alkanes) is 20. The number of allylic oxidation sites excluding steroid dienone is 9. The Balaban J connectivity index is 4.22. The second-order valence-electron chi connectivity index (χ2n) is 15.8. The minimum Gasteiger partial charge on any atom is -0.480 e. The first-order chi connectivity index (χ1) is 27.9. The molecule has 0 radical (unpaired) electrons. The van der Waals surface area contributed by atoms with Crippen LogP contribution in [0.15, 0.2) is 60.8 Å². The Morgan fingerprint density at radius 3 is 1.56 bits per heavy atom. The molecule has 0 aliphatic carbocycles. The smallest absolute Gasteiger partial charge is 0.326 e. The van der Waals surface area contributed by atoms with Crippen LogP contribution in [0, 0.1) is 0 Å². The van der Waals surface area contributed by atoms with E-state index in [0.29, 0.717) is 32.2 Å². The molecule has 328 valence electrons. The van der Waals surface area contributed by atoms with Crippen LogP contribution in [0.3, 0.4) is 0 Å². The summed E-state index contributed by atoms with van der Waals surface area (Å²) in [5, 5.41) is 11.9. The lowest BCUT2D eigenvalue weighted by atomic mass is 10.0. The molecule has 0 aliphatic heterocycles. The number of amides is 1. The summed E-state index contributed by atoms with van der Waals surface area (Å²) in [4.78, 5) is 36.3. The van der Waals surface area contributed by atoms with Crippen molar-refractivity contribution in [2.45, 2.75) is 231 Å². The fourth-order valence-electron chi connectivity index (χ4n) is 6.76. The summed E-state index contributed by atoms with van der Waals surface area (Å²) >= 11 is 0. The molecular weight excluding hydrogens is 709 g/mol. The molecular formula is C50H88N2O5. The van der Waals surface area contributed by atoms with E-state index in [-0.39, 0.29) is 18.0 Å². The number of carbonyl (C=O) groups excluding carboxylic acids is 2. The van der Waals surface area contributed by atoms with Gasteiger partial charge in [0.1, 0.15) is 12.1 Å². The van der Waals surface area contributed by atoms with Crippen LogP contribution >= 0.6 is 0 Å². The third-order valence-corrected chi connectivity index (χ3v) is 10.3. The maximum atomic E-state index is 12.8. The van der Waals surface area contributed by atoms with Gasteiger partial charge in [-0.15, -0.1) is 0 Å². The zero-order chi connectivity index (χ0) is 41.7. The van der Waals surface area contributed by atoms with Crippen LogP contribution in [-0.2, 0) is 19.1 Å². The highest BCUT2D eigenvalue weighted by Crippen LogP contribution is 2.16. The van der Waals surface area contributed by atoms with E-state index in [0.717, 1.165) is 89.9 Å². The largest absolute Gasteiger partial charge is 0.480 e. The number of hydrogen-bond donors (Lipinski definition) is 3. The third-order valence-electron chi connectivity index (χ3n) is 10.3. The summed E-state index contributed by atoms with van der Waals surface area (Å²) in [7, 11) is 0. The number of esters is 1. The predicted molar refractivity (Wildman–Crippen MR) is 243 cm³/mol. The van der Waals surface area contributed by atoms with Gasteiger partial charge in [-0.25, -0.2) is 4.79 Å². The molecule has 0 aromatic carbocycles. The SMILES string of the molecule is CC/C=C\C/C=C\C/C=C\C/C=C\CCCCCCCCCCC(=O)OC(/C=C\CCCCCCCCC)CCCCCCCCC(=O)NC(CCCN)C(=O)O. The van der Waals surface area contributed by atoms with E-state index < -0.39 is 12.0 Å². The van der Waals surface area contributed by atoms with Gasteiger partial charge in [0.25, 0.3) is 0 Å². The Kier molecular flexibility index (Phi) is 41.9. The first-order valence-electron chi connectivity index (χ1n) is 23.6. The molecule has 57 heavy (non-hydrogen) atoms. The van der Waals surface area contributed by atoms with E-state index in [1.807, 2.05) is 0 Å². The average Bonchev–Trinajstić information content (AvgIpc) is 3.20. The van der Waals surface area contributed by atoms with E-state index >= 15 is 0 Å². The molecule has 0 aliphatic rings. The Morgan fingerprint density at radius 1 is 0.544 bits per heavy atom. The Hall–Kier alpha value is -2.93. The Morgan fingerprint density at radius 2 is 1.02 bits per heavy atom. The number of rotatable bonds is 42. The fourth-order valence-corrected chi connectivity index (χ4v) is 6.76. The number of aliphatic carboxylic acids is 1. The van der Waals surface area contributed by atoms with Crippen molar-refractivity contribution in [3.63, 3.8) is 0 Å². The molecule has 0 fully saturated rings. The van der Waals surface area contributed by atoms with Crippen LogP contribution in [0.25, 0.3) is 0 Å². The predicted octanol–water partition coefficient (Wildman–Crippen LogP) is 13.7. The Labute approximate surface area is 350 Å². The van der Waals surface area contributed by atoms with Crippen molar-refractivity contribution in [2.24, 2.45) is 5.73 Å². The quantitative estimate of drug-likeness (QED) is 0.0321. The van der Waals surface area contributed by atoms with Gasteiger partial charge >= 0.3 is 11.9 Å². The number of nitrogens with one attached hydrogen (secondary N) is 1. The fraction of sp³-hybridized carbons (Fsp3) is 0.740. The van der Waals surface area contributed by atoms with E-state index in [9.17, 15) is 19.5 Å². The second-order valence-corrected chi connectivity index (χ2v) is 15.8. The molecule has 0 heterocycles. The standard InChI is InChI=1S/C50H88N2O5/c1-3-5-7-9-11-13-14-15-16-17-18-19-20-21-22-23-24-26-28-34-38-44-49(54)57-46(40-35-31-27-25-12-10-8-6-4-2)41-36-32-29-30-33-37-43-48(53)52-47(50(55)56)42-39-45-51/h5,7,11,13,15-16,18-19,35,40,46-47H,3-4,6,8-10,12,14,17,20-34,36-39,41-45,51H2,1-2H3,(H,52,53)(H,55,56)/b7-5-,13-11-,16-15-,19-18-,40-35-. The molecule has 0 saturated heterocycles. The molecule has 0 aromatic rings. The normalized spacial score (nSPS) is 13.2.